The van der Waals surface area contributed by atoms with Crippen LogP contribution in [0.25, 0.3) is 0 Å². The smallest absolute Gasteiger partial charge is 0.251 e. The minimum atomic E-state index is -1.87. The summed E-state index contributed by atoms with van der Waals surface area (Å²) in [6.07, 6.45) is -6.75. The van der Waals surface area contributed by atoms with E-state index in [2.05, 4.69) is 12.2 Å². The summed E-state index contributed by atoms with van der Waals surface area (Å²) in [5.74, 6) is -0.875. The van der Waals surface area contributed by atoms with Crippen molar-refractivity contribution < 1.29 is 30.3 Å². The Labute approximate surface area is 93.3 Å². The Balaban J connectivity index is 4.25. The van der Waals surface area contributed by atoms with E-state index >= 15 is 0 Å². The fourth-order valence-corrected chi connectivity index (χ4v) is 0.994. The average molecular weight is 236 g/mol. The van der Waals surface area contributed by atoms with Gasteiger partial charge in [0.2, 0.25) is 0 Å². The number of aliphatic hydroxyl groups is 5. The number of carbonyl (C=O) groups is 1. The molecule has 0 aromatic carbocycles. The molecule has 0 aliphatic heterocycles. The zero-order chi connectivity index (χ0) is 12.7. The first kappa shape index (κ1) is 15.3. The summed E-state index contributed by atoms with van der Waals surface area (Å²) in [4.78, 5) is 11.2. The molecule has 16 heavy (non-hydrogen) atoms. The Morgan fingerprint density at radius 1 is 1.19 bits per heavy atom. The van der Waals surface area contributed by atoms with E-state index in [1.54, 1.807) is 0 Å². The van der Waals surface area contributed by atoms with Gasteiger partial charge in [0, 0.05) is 6.54 Å². The summed E-state index contributed by atoms with van der Waals surface area (Å²) in [6, 6.07) is 0. The molecule has 1 radical (unpaired) electrons. The van der Waals surface area contributed by atoms with Crippen LogP contribution in [0, 0.1) is 6.92 Å². The maximum absolute atomic E-state index is 11.2. The molecular formula is C9H18NO6. The van der Waals surface area contributed by atoms with Crippen molar-refractivity contribution in [2.45, 2.75) is 30.8 Å². The molecule has 0 rings (SSSR count). The first-order valence-corrected chi connectivity index (χ1v) is 4.85. The van der Waals surface area contributed by atoms with Gasteiger partial charge >= 0.3 is 0 Å². The third kappa shape index (κ3) is 4.42. The monoisotopic (exact) mass is 236 g/mol. The maximum atomic E-state index is 11.2. The average Bonchev–Trinajstić information content (AvgIpc) is 2.31. The third-order valence-corrected chi connectivity index (χ3v) is 2.00. The first-order chi connectivity index (χ1) is 7.45. The number of hydrogen-bond donors (Lipinski definition) is 6. The molecule has 0 heterocycles. The van der Waals surface area contributed by atoms with E-state index < -0.39 is 36.9 Å². The molecule has 7 nitrogen and oxygen atoms in total. The predicted octanol–water partition coefficient (Wildman–Crippen LogP) is -3.24. The highest BCUT2D eigenvalue weighted by Gasteiger charge is 2.33. The molecular weight excluding hydrogens is 218 g/mol. The normalized spacial score (nSPS) is 18.6. The van der Waals surface area contributed by atoms with E-state index in [9.17, 15) is 20.1 Å². The molecule has 0 unspecified atom stereocenters. The summed E-state index contributed by atoms with van der Waals surface area (Å²) in [5.41, 5.74) is 0. The lowest BCUT2D eigenvalue weighted by molar-refractivity contribution is -0.148. The van der Waals surface area contributed by atoms with Gasteiger partial charge in [-0.3, -0.25) is 4.79 Å². The van der Waals surface area contributed by atoms with Gasteiger partial charge in [-0.25, -0.2) is 0 Å². The number of rotatable bonds is 7. The van der Waals surface area contributed by atoms with Gasteiger partial charge in [0.05, 0.1) is 6.61 Å². The van der Waals surface area contributed by atoms with E-state index in [-0.39, 0.29) is 6.54 Å². The molecule has 1 amide bonds. The summed E-state index contributed by atoms with van der Waals surface area (Å²) in [5, 5.41) is 47.6. The van der Waals surface area contributed by atoms with Gasteiger partial charge in [-0.1, -0.05) is 6.92 Å². The van der Waals surface area contributed by atoms with Crippen LogP contribution in [0.15, 0.2) is 0 Å². The molecule has 0 aliphatic rings. The number of hydrogen-bond acceptors (Lipinski definition) is 6. The number of aliphatic hydroxyl groups excluding tert-OH is 5. The van der Waals surface area contributed by atoms with Crippen molar-refractivity contribution in [3.05, 3.63) is 6.92 Å². The van der Waals surface area contributed by atoms with Crippen LogP contribution in [0.4, 0.5) is 0 Å². The highest BCUT2D eigenvalue weighted by atomic mass is 16.4. The van der Waals surface area contributed by atoms with Crippen LogP contribution in [-0.4, -0.2) is 69.0 Å². The fraction of sp³-hybridized carbons (Fsp3) is 0.778. The topological polar surface area (TPSA) is 130 Å². The molecule has 0 saturated heterocycles. The van der Waals surface area contributed by atoms with Crippen molar-refractivity contribution in [3.63, 3.8) is 0 Å². The van der Waals surface area contributed by atoms with E-state index in [0.29, 0.717) is 6.42 Å². The van der Waals surface area contributed by atoms with E-state index in [1.165, 1.54) is 0 Å². The lowest BCUT2D eigenvalue weighted by atomic mass is 10.0. The standard InChI is InChI=1S/C9H18NO6/c1-2-3-10-9(16)8(15)7(14)6(13)5(12)4-11/h5-8,11-15H,1-4H2,(H,10,16)/t5-,6-,7+,8-/m1/s1. The lowest BCUT2D eigenvalue weighted by Crippen LogP contribution is -2.51. The van der Waals surface area contributed by atoms with E-state index in [4.69, 9.17) is 10.2 Å². The summed E-state index contributed by atoms with van der Waals surface area (Å²) < 4.78 is 0. The Morgan fingerprint density at radius 3 is 2.19 bits per heavy atom. The zero-order valence-electron chi connectivity index (χ0n) is 8.78. The molecule has 6 N–H and O–H groups in total. The van der Waals surface area contributed by atoms with Gasteiger partial charge in [-0.05, 0) is 6.42 Å². The Morgan fingerprint density at radius 2 is 1.75 bits per heavy atom. The van der Waals surface area contributed by atoms with Gasteiger partial charge in [0.25, 0.3) is 5.91 Å². The molecule has 0 aliphatic carbocycles. The van der Waals surface area contributed by atoms with Crippen LogP contribution in [0.1, 0.15) is 6.42 Å². The van der Waals surface area contributed by atoms with Crippen LogP contribution < -0.4 is 5.32 Å². The maximum Gasteiger partial charge on any atom is 0.251 e. The quantitative estimate of drug-likeness (QED) is 0.275. The second kappa shape index (κ2) is 7.53. The van der Waals surface area contributed by atoms with Gasteiger partial charge in [-0.2, -0.15) is 0 Å². The number of amides is 1. The highest BCUT2D eigenvalue weighted by molar-refractivity contribution is 5.81. The molecule has 0 spiro atoms. The van der Waals surface area contributed by atoms with Gasteiger partial charge in [-0.15, -0.1) is 0 Å². The molecule has 7 heteroatoms. The molecule has 0 fully saturated rings. The van der Waals surface area contributed by atoms with Crippen molar-refractivity contribution in [1.82, 2.24) is 5.32 Å². The molecule has 95 valence electrons. The van der Waals surface area contributed by atoms with E-state index in [1.807, 2.05) is 0 Å². The number of carbonyl (C=O) groups excluding carboxylic acids is 1. The van der Waals surface area contributed by atoms with Crippen molar-refractivity contribution in [3.8, 4) is 0 Å². The first-order valence-electron chi connectivity index (χ1n) is 4.85. The van der Waals surface area contributed by atoms with Crippen LogP contribution >= 0.6 is 0 Å². The number of nitrogens with one attached hydrogen (secondary N) is 1. The molecule has 0 aromatic rings. The third-order valence-electron chi connectivity index (χ3n) is 2.00. The Kier molecular flexibility index (Phi) is 7.18. The lowest BCUT2D eigenvalue weighted by Gasteiger charge is -2.24. The summed E-state index contributed by atoms with van der Waals surface area (Å²) >= 11 is 0. The molecule has 0 saturated carbocycles. The Hall–Kier alpha value is -0.730. The summed E-state index contributed by atoms with van der Waals surface area (Å²) in [6.45, 7) is 2.89. The van der Waals surface area contributed by atoms with Gasteiger partial charge < -0.3 is 30.8 Å². The molecule has 0 bridgehead atoms. The van der Waals surface area contributed by atoms with Crippen LogP contribution in [0.5, 0.6) is 0 Å². The van der Waals surface area contributed by atoms with Gasteiger partial charge in [0.15, 0.2) is 6.10 Å². The Bertz CT molecular complexity index is 212. The predicted molar refractivity (Wildman–Crippen MR) is 54.1 cm³/mol. The minimum Gasteiger partial charge on any atom is -0.394 e. The SMILES string of the molecule is [CH2]CCNC(=O)[C@H](O)[C@@H](O)[C@H](O)[C@H](O)CO. The summed E-state index contributed by atoms with van der Waals surface area (Å²) in [7, 11) is 0. The fourth-order valence-electron chi connectivity index (χ4n) is 0.994. The second-order valence-electron chi connectivity index (χ2n) is 3.32. The van der Waals surface area contributed by atoms with Crippen LogP contribution in [0.2, 0.25) is 0 Å². The van der Waals surface area contributed by atoms with Gasteiger partial charge in [0.1, 0.15) is 18.3 Å². The molecule has 0 aromatic heterocycles. The van der Waals surface area contributed by atoms with Crippen molar-refractivity contribution in [1.29, 1.82) is 0 Å². The molecule has 4 atom stereocenters. The largest absolute Gasteiger partial charge is 0.394 e. The second-order valence-corrected chi connectivity index (χ2v) is 3.32. The van der Waals surface area contributed by atoms with Crippen LogP contribution in [-0.2, 0) is 4.79 Å². The van der Waals surface area contributed by atoms with E-state index in [0.717, 1.165) is 0 Å². The van der Waals surface area contributed by atoms with Crippen molar-refractivity contribution >= 4 is 5.91 Å². The zero-order valence-corrected chi connectivity index (χ0v) is 8.78. The van der Waals surface area contributed by atoms with Crippen LogP contribution in [0.3, 0.4) is 0 Å². The highest BCUT2D eigenvalue weighted by Crippen LogP contribution is 2.05. The minimum absolute atomic E-state index is 0.223. The van der Waals surface area contributed by atoms with Crippen molar-refractivity contribution in [2.24, 2.45) is 0 Å². The van der Waals surface area contributed by atoms with Crippen molar-refractivity contribution in [2.75, 3.05) is 13.2 Å².